The molecule has 2 heterocycles. The summed E-state index contributed by atoms with van der Waals surface area (Å²) in [6.45, 7) is 16.5. The fraction of sp³-hybridized carbons (Fsp3) is 0.419. The molecule has 0 aliphatic carbocycles. The zero-order valence-corrected chi connectivity index (χ0v) is 27.1. The highest BCUT2D eigenvalue weighted by Crippen LogP contribution is 2.44. The number of nitrogens with one attached hydrogen (secondary N) is 2. The van der Waals surface area contributed by atoms with Gasteiger partial charge in [0.25, 0.3) is 5.91 Å². The molecule has 1 aliphatic heterocycles. The van der Waals surface area contributed by atoms with Gasteiger partial charge < -0.3 is 20.0 Å². The van der Waals surface area contributed by atoms with E-state index < -0.39 is 8.32 Å². The Morgan fingerprint density at radius 1 is 1.27 bits per heavy atom. The monoisotopic (exact) mass is 590 g/mol. The van der Waals surface area contributed by atoms with Gasteiger partial charge in [-0.1, -0.05) is 39.3 Å². The minimum atomic E-state index is -1.97. The van der Waals surface area contributed by atoms with Crippen molar-refractivity contribution in [3.63, 3.8) is 0 Å². The van der Waals surface area contributed by atoms with Crippen molar-refractivity contribution in [1.82, 2.24) is 14.9 Å². The lowest BCUT2D eigenvalue weighted by Crippen LogP contribution is -2.45. The summed E-state index contributed by atoms with van der Waals surface area (Å²) in [6, 6.07) is 11.6. The molecule has 1 aliphatic rings. The van der Waals surface area contributed by atoms with Crippen LogP contribution in [-0.4, -0.2) is 56.3 Å². The van der Waals surface area contributed by atoms with E-state index in [0.717, 1.165) is 22.4 Å². The normalized spacial score (nSPS) is 16.5. The Morgan fingerprint density at radius 2 is 1.98 bits per heavy atom. The molecule has 0 saturated heterocycles. The third-order valence-electron chi connectivity index (χ3n) is 8.33. The summed E-state index contributed by atoms with van der Waals surface area (Å²) in [7, 11) is 1.44. The van der Waals surface area contributed by atoms with Crippen LogP contribution in [-0.2, 0) is 9.84 Å². The van der Waals surface area contributed by atoms with Crippen molar-refractivity contribution in [2.75, 3.05) is 37.9 Å². The van der Waals surface area contributed by atoms with E-state index in [0.29, 0.717) is 46.6 Å². The van der Waals surface area contributed by atoms with Gasteiger partial charge in [0.2, 0.25) is 5.95 Å². The van der Waals surface area contributed by atoms with Crippen LogP contribution in [0.3, 0.4) is 0 Å². The van der Waals surface area contributed by atoms with Gasteiger partial charge in [0.15, 0.2) is 8.32 Å². The SMILES string of the molecule is Cc1c(Nc2nccc(-c3cc(C#N)c4c(c3)C(C)(CO[Si](C)(C)C(C)(C)C)CN4)n2)cc(Cl)cc1C(=O)N(C)C. The smallest absolute Gasteiger partial charge is 0.253 e. The number of amides is 1. The maximum absolute atomic E-state index is 12.7. The van der Waals surface area contributed by atoms with Crippen molar-refractivity contribution in [2.45, 2.75) is 58.2 Å². The second-order valence-corrected chi connectivity index (χ2v) is 18.0. The van der Waals surface area contributed by atoms with Gasteiger partial charge in [0.05, 0.1) is 16.9 Å². The molecule has 1 aromatic heterocycles. The number of anilines is 3. The lowest BCUT2D eigenvalue weighted by molar-refractivity contribution is 0.0827. The fourth-order valence-corrected chi connectivity index (χ4v) is 5.91. The largest absolute Gasteiger partial charge is 0.416 e. The van der Waals surface area contributed by atoms with Crippen molar-refractivity contribution in [2.24, 2.45) is 0 Å². The Kier molecular flexibility index (Phi) is 8.25. The van der Waals surface area contributed by atoms with Crippen LogP contribution in [0.15, 0.2) is 36.5 Å². The number of halogens is 1. The van der Waals surface area contributed by atoms with Gasteiger partial charge in [0, 0.05) is 60.7 Å². The zero-order chi connectivity index (χ0) is 30.3. The minimum absolute atomic E-state index is 0.101. The Bertz CT molecular complexity index is 1540. The van der Waals surface area contributed by atoms with E-state index >= 15 is 0 Å². The summed E-state index contributed by atoms with van der Waals surface area (Å²) in [5, 5.41) is 17.3. The molecule has 4 rings (SSSR count). The predicted molar refractivity (Wildman–Crippen MR) is 169 cm³/mol. The van der Waals surface area contributed by atoms with Crippen LogP contribution in [0.4, 0.5) is 17.3 Å². The van der Waals surface area contributed by atoms with Crippen LogP contribution in [0.1, 0.15) is 54.7 Å². The number of aromatic nitrogens is 2. The third-order valence-corrected chi connectivity index (χ3v) is 13.0. The number of nitrogens with zero attached hydrogens (tertiary/aromatic N) is 4. The number of carbonyl (C=O) groups excluding carboxylic acids is 1. The van der Waals surface area contributed by atoms with Gasteiger partial charge in [-0.25, -0.2) is 9.97 Å². The quantitative estimate of drug-likeness (QED) is 0.282. The Hall–Kier alpha value is -3.45. The second kappa shape index (κ2) is 11.1. The molecule has 1 unspecified atom stereocenters. The molecule has 3 aromatic rings. The van der Waals surface area contributed by atoms with Gasteiger partial charge >= 0.3 is 0 Å². The van der Waals surface area contributed by atoms with E-state index in [4.69, 9.17) is 21.0 Å². The predicted octanol–water partition coefficient (Wildman–Crippen LogP) is 7.13. The van der Waals surface area contributed by atoms with Crippen LogP contribution in [0.2, 0.25) is 23.2 Å². The molecule has 0 saturated carbocycles. The molecule has 1 atom stereocenters. The molecule has 2 aromatic carbocycles. The van der Waals surface area contributed by atoms with E-state index in [-0.39, 0.29) is 16.4 Å². The summed E-state index contributed by atoms with van der Waals surface area (Å²) in [4.78, 5) is 23.4. The Balaban J connectivity index is 1.69. The van der Waals surface area contributed by atoms with Crippen LogP contribution < -0.4 is 10.6 Å². The lowest BCUT2D eigenvalue weighted by atomic mass is 9.83. The van der Waals surface area contributed by atoms with Gasteiger partial charge in [-0.15, -0.1) is 0 Å². The first-order valence-corrected chi connectivity index (χ1v) is 16.9. The molecular weight excluding hydrogens is 552 g/mol. The minimum Gasteiger partial charge on any atom is -0.416 e. The molecule has 1 amide bonds. The van der Waals surface area contributed by atoms with E-state index in [9.17, 15) is 10.1 Å². The molecule has 0 bridgehead atoms. The van der Waals surface area contributed by atoms with Crippen LogP contribution >= 0.6 is 11.6 Å². The molecule has 216 valence electrons. The van der Waals surface area contributed by atoms with Crippen LogP contribution in [0.5, 0.6) is 0 Å². The van der Waals surface area contributed by atoms with Crippen LogP contribution in [0.25, 0.3) is 11.3 Å². The van der Waals surface area contributed by atoms with Crippen molar-refractivity contribution < 1.29 is 9.22 Å². The molecule has 2 N–H and O–H groups in total. The van der Waals surface area contributed by atoms with E-state index in [1.807, 2.05) is 19.1 Å². The van der Waals surface area contributed by atoms with E-state index in [1.165, 1.54) is 4.90 Å². The van der Waals surface area contributed by atoms with Crippen molar-refractivity contribution in [1.29, 1.82) is 5.26 Å². The highest BCUT2D eigenvalue weighted by atomic mass is 35.5. The van der Waals surface area contributed by atoms with Gasteiger partial charge in [-0.2, -0.15) is 5.26 Å². The fourth-order valence-electron chi connectivity index (χ4n) is 4.58. The lowest BCUT2D eigenvalue weighted by Gasteiger charge is -2.39. The zero-order valence-electron chi connectivity index (χ0n) is 25.4. The molecule has 41 heavy (non-hydrogen) atoms. The average Bonchev–Trinajstić information content (AvgIpc) is 3.24. The topological polar surface area (TPSA) is 103 Å². The first kappa shape index (κ1) is 30.5. The van der Waals surface area contributed by atoms with E-state index in [1.54, 1.807) is 32.4 Å². The molecular formula is C31H39ClN6O2Si. The Morgan fingerprint density at radius 3 is 2.61 bits per heavy atom. The summed E-state index contributed by atoms with van der Waals surface area (Å²) in [6.07, 6.45) is 1.67. The summed E-state index contributed by atoms with van der Waals surface area (Å²) in [5.41, 5.74) is 5.57. The molecule has 0 fully saturated rings. The highest BCUT2D eigenvalue weighted by Gasteiger charge is 2.42. The average molecular weight is 591 g/mol. The number of nitriles is 1. The summed E-state index contributed by atoms with van der Waals surface area (Å²) in [5.74, 6) is 0.219. The highest BCUT2D eigenvalue weighted by molar-refractivity contribution is 6.74. The number of benzene rings is 2. The maximum atomic E-state index is 12.7. The first-order valence-electron chi connectivity index (χ1n) is 13.6. The maximum Gasteiger partial charge on any atom is 0.253 e. The van der Waals surface area contributed by atoms with Crippen molar-refractivity contribution >= 4 is 43.1 Å². The third kappa shape index (κ3) is 6.10. The van der Waals surface area contributed by atoms with Crippen LogP contribution in [0, 0.1) is 18.3 Å². The molecule has 10 heteroatoms. The standard InChI is InChI=1S/C31H39ClN6O2Si/c1-19-23(28(39)38(6)7)14-22(32)15-26(19)37-29-34-11-10-25(36-29)20-12-21(16-33)27-24(13-20)31(5,17-35-27)18-40-41(8,9)30(2,3)4/h10-15,35H,17-18H2,1-9H3,(H,34,36,37). The first-order chi connectivity index (χ1) is 19.1. The van der Waals surface area contributed by atoms with Gasteiger partial charge in [-0.3, -0.25) is 4.79 Å². The molecule has 8 nitrogen and oxygen atoms in total. The van der Waals surface area contributed by atoms with Gasteiger partial charge in [0.1, 0.15) is 6.07 Å². The number of carbonyl (C=O) groups is 1. The second-order valence-electron chi connectivity index (χ2n) is 12.7. The summed E-state index contributed by atoms with van der Waals surface area (Å²) < 4.78 is 6.65. The molecule has 0 radical (unpaired) electrons. The molecule has 0 spiro atoms. The van der Waals surface area contributed by atoms with Crippen molar-refractivity contribution in [3.05, 3.63) is 63.8 Å². The number of rotatable bonds is 7. The summed E-state index contributed by atoms with van der Waals surface area (Å²) >= 11 is 6.36. The number of fused-ring (bicyclic) bond motifs is 1. The van der Waals surface area contributed by atoms with E-state index in [2.05, 4.69) is 68.5 Å². The Labute approximate surface area is 249 Å². The van der Waals surface area contributed by atoms with Gasteiger partial charge in [-0.05, 0) is 66.5 Å². The number of hydrogen-bond acceptors (Lipinski definition) is 7. The van der Waals surface area contributed by atoms with Crippen molar-refractivity contribution in [3.8, 4) is 17.3 Å². The number of hydrogen-bond donors (Lipinski definition) is 2.